The van der Waals surface area contributed by atoms with Crippen LogP contribution in [0.2, 0.25) is 0 Å². The molecular weight excluding hydrogens is 346 g/mol. The van der Waals surface area contributed by atoms with Crippen LogP contribution in [0.5, 0.6) is 11.5 Å². The van der Waals surface area contributed by atoms with E-state index in [0.717, 1.165) is 12.8 Å². The number of anilines is 1. The minimum absolute atomic E-state index is 0.0438. The number of rotatable bonds is 10. The van der Waals surface area contributed by atoms with Gasteiger partial charge in [-0.1, -0.05) is 0 Å². The maximum absolute atomic E-state index is 12.1. The third-order valence-electron chi connectivity index (χ3n) is 3.48. The van der Waals surface area contributed by atoms with Crippen molar-refractivity contribution in [3.05, 3.63) is 18.2 Å². The molecule has 0 aliphatic carbocycles. The summed E-state index contributed by atoms with van der Waals surface area (Å²) in [5, 5.41) is 2.77. The lowest BCUT2D eigenvalue weighted by molar-refractivity contribution is -0.120. The number of methoxy groups -OCH3 is 2. The zero-order chi connectivity index (χ0) is 19.0. The van der Waals surface area contributed by atoms with Crippen LogP contribution in [0, 0.1) is 0 Å². The van der Waals surface area contributed by atoms with Crippen molar-refractivity contribution in [1.82, 2.24) is 10.2 Å². The average molecular weight is 373 g/mol. The van der Waals surface area contributed by atoms with Crippen LogP contribution < -0.4 is 19.1 Å². The second-order valence-corrected chi connectivity index (χ2v) is 7.68. The SMILES string of the molecule is COc1ccc(N(CCC(=O)NCCN(C)C)S(C)(=O)=O)cc1OC. The number of hydrogen-bond donors (Lipinski definition) is 1. The van der Waals surface area contributed by atoms with Gasteiger partial charge in [-0.15, -0.1) is 0 Å². The molecule has 8 nitrogen and oxygen atoms in total. The summed E-state index contributed by atoms with van der Waals surface area (Å²) >= 11 is 0. The molecule has 0 aromatic heterocycles. The number of amides is 1. The van der Waals surface area contributed by atoms with Crippen LogP contribution in [0.3, 0.4) is 0 Å². The van der Waals surface area contributed by atoms with Gasteiger partial charge in [-0.2, -0.15) is 0 Å². The summed E-state index contributed by atoms with van der Waals surface area (Å²) in [6.07, 6.45) is 1.17. The number of nitrogens with one attached hydrogen (secondary N) is 1. The Morgan fingerprint density at radius 1 is 1.12 bits per heavy atom. The predicted molar refractivity (Wildman–Crippen MR) is 97.9 cm³/mol. The van der Waals surface area contributed by atoms with E-state index in [-0.39, 0.29) is 18.9 Å². The number of carbonyl (C=O) groups excluding carboxylic acids is 1. The Balaban J connectivity index is 2.84. The Bertz CT molecular complexity index is 676. The van der Waals surface area contributed by atoms with Crippen LogP contribution in [0.1, 0.15) is 6.42 Å². The molecule has 0 aliphatic rings. The van der Waals surface area contributed by atoms with E-state index < -0.39 is 10.0 Å². The molecule has 0 saturated heterocycles. The van der Waals surface area contributed by atoms with E-state index >= 15 is 0 Å². The van der Waals surface area contributed by atoms with Gasteiger partial charge < -0.3 is 19.7 Å². The number of likely N-dealkylation sites (N-methyl/N-ethyl adjacent to an activating group) is 1. The molecule has 0 radical (unpaired) electrons. The number of nitrogens with zero attached hydrogens (tertiary/aromatic N) is 2. The number of carbonyl (C=O) groups is 1. The summed E-state index contributed by atoms with van der Waals surface area (Å²) in [4.78, 5) is 13.9. The first kappa shape index (κ1) is 21.0. The smallest absolute Gasteiger partial charge is 0.232 e. The van der Waals surface area contributed by atoms with Gasteiger partial charge >= 0.3 is 0 Å². The number of benzene rings is 1. The third kappa shape index (κ3) is 6.79. The predicted octanol–water partition coefficient (Wildman–Crippen LogP) is 0.538. The molecule has 1 N–H and O–H groups in total. The van der Waals surface area contributed by atoms with Gasteiger partial charge in [0, 0.05) is 32.1 Å². The summed E-state index contributed by atoms with van der Waals surface area (Å²) in [5.74, 6) is 0.723. The third-order valence-corrected chi connectivity index (χ3v) is 4.67. The zero-order valence-corrected chi connectivity index (χ0v) is 16.2. The number of ether oxygens (including phenoxy) is 2. The lowest BCUT2D eigenvalue weighted by atomic mass is 10.2. The molecule has 0 saturated carbocycles. The summed E-state index contributed by atoms with van der Waals surface area (Å²) < 4.78 is 35.8. The number of hydrogen-bond acceptors (Lipinski definition) is 6. The molecule has 0 atom stereocenters. The van der Waals surface area contributed by atoms with Gasteiger partial charge in [0.25, 0.3) is 0 Å². The molecular formula is C16H27N3O5S. The second-order valence-electron chi connectivity index (χ2n) is 5.78. The van der Waals surface area contributed by atoms with Gasteiger partial charge in [0.1, 0.15) is 0 Å². The van der Waals surface area contributed by atoms with Crippen molar-refractivity contribution in [2.75, 3.05) is 58.5 Å². The minimum Gasteiger partial charge on any atom is -0.493 e. The Morgan fingerprint density at radius 2 is 1.76 bits per heavy atom. The molecule has 0 bridgehead atoms. The van der Waals surface area contributed by atoms with E-state index in [1.807, 2.05) is 19.0 Å². The lowest BCUT2D eigenvalue weighted by Gasteiger charge is -2.23. The fraction of sp³-hybridized carbons (Fsp3) is 0.562. The average Bonchev–Trinajstić information content (AvgIpc) is 2.53. The molecule has 1 aromatic rings. The van der Waals surface area contributed by atoms with Crippen molar-refractivity contribution in [2.24, 2.45) is 0 Å². The Labute approximate surface area is 149 Å². The highest BCUT2D eigenvalue weighted by molar-refractivity contribution is 7.92. The van der Waals surface area contributed by atoms with Crippen molar-refractivity contribution in [3.8, 4) is 11.5 Å². The van der Waals surface area contributed by atoms with Crippen molar-refractivity contribution in [1.29, 1.82) is 0 Å². The zero-order valence-electron chi connectivity index (χ0n) is 15.4. The summed E-state index contributed by atoms with van der Waals surface area (Å²) in [6.45, 7) is 1.28. The second kappa shape index (κ2) is 9.47. The van der Waals surface area contributed by atoms with Crippen LogP contribution in [-0.4, -0.2) is 73.4 Å². The van der Waals surface area contributed by atoms with Gasteiger partial charge in [-0.3, -0.25) is 9.10 Å². The van der Waals surface area contributed by atoms with Crippen molar-refractivity contribution < 1.29 is 22.7 Å². The molecule has 0 fully saturated rings. The highest BCUT2D eigenvalue weighted by atomic mass is 32.2. The summed E-state index contributed by atoms with van der Waals surface area (Å²) in [5.41, 5.74) is 0.418. The van der Waals surface area contributed by atoms with Gasteiger partial charge in [0.2, 0.25) is 15.9 Å². The van der Waals surface area contributed by atoms with Crippen LogP contribution in [0.25, 0.3) is 0 Å². The van der Waals surface area contributed by atoms with Crippen LogP contribution in [-0.2, 0) is 14.8 Å². The molecule has 1 rings (SSSR count). The van der Waals surface area contributed by atoms with Gasteiger partial charge in [-0.25, -0.2) is 8.42 Å². The van der Waals surface area contributed by atoms with E-state index in [1.54, 1.807) is 18.2 Å². The summed E-state index contributed by atoms with van der Waals surface area (Å²) in [7, 11) is 3.26. The summed E-state index contributed by atoms with van der Waals surface area (Å²) in [6, 6.07) is 4.82. The first-order valence-electron chi connectivity index (χ1n) is 7.80. The van der Waals surface area contributed by atoms with Crippen LogP contribution >= 0.6 is 0 Å². The first-order valence-corrected chi connectivity index (χ1v) is 9.65. The molecule has 9 heteroatoms. The molecule has 0 heterocycles. The monoisotopic (exact) mass is 373 g/mol. The quantitative estimate of drug-likeness (QED) is 0.644. The van der Waals surface area contributed by atoms with Crippen molar-refractivity contribution in [2.45, 2.75) is 6.42 Å². The molecule has 0 spiro atoms. The Morgan fingerprint density at radius 3 is 2.28 bits per heavy atom. The Kier molecular flexibility index (Phi) is 7.98. The molecule has 0 aliphatic heterocycles. The van der Waals surface area contributed by atoms with Gasteiger partial charge in [0.15, 0.2) is 11.5 Å². The highest BCUT2D eigenvalue weighted by Gasteiger charge is 2.20. The topological polar surface area (TPSA) is 88.2 Å². The first-order chi connectivity index (χ1) is 11.7. The molecule has 142 valence electrons. The molecule has 1 amide bonds. The van der Waals surface area contributed by atoms with E-state index in [2.05, 4.69) is 5.32 Å². The normalized spacial score (nSPS) is 11.3. The number of sulfonamides is 1. The molecule has 0 unspecified atom stereocenters. The van der Waals surface area contributed by atoms with Gasteiger partial charge in [-0.05, 0) is 26.2 Å². The van der Waals surface area contributed by atoms with Crippen molar-refractivity contribution in [3.63, 3.8) is 0 Å². The Hall–Kier alpha value is -2.00. The molecule has 1 aromatic carbocycles. The van der Waals surface area contributed by atoms with E-state index in [0.29, 0.717) is 23.7 Å². The fourth-order valence-electron chi connectivity index (χ4n) is 2.18. The van der Waals surface area contributed by atoms with Crippen molar-refractivity contribution >= 4 is 21.6 Å². The largest absolute Gasteiger partial charge is 0.493 e. The highest BCUT2D eigenvalue weighted by Crippen LogP contribution is 2.32. The van der Waals surface area contributed by atoms with Gasteiger partial charge in [0.05, 0.1) is 26.2 Å². The fourth-order valence-corrected chi connectivity index (χ4v) is 3.10. The standard InChI is InChI=1S/C16H27N3O5S/c1-18(2)11-9-17-16(20)8-10-19(25(5,21)22)13-6-7-14(23-3)15(12-13)24-4/h6-7,12H,8-11H2,1-5H3,(H,17,20). The van der Waals surface area contributed by atoms with Crippen LogP contribution in [0.4, 0.5) is 5.69 Å². The van der Waals surface area contributed by atoms with Crippen LogP contribution in [0.15, 0.2) is 18.2 Å². The maximum Gasteiger partial charge on any atom is 0.232 e. The maximum atomic E-state index is 12.1. The lowest BCUT2D eigenvalue weighted by Crippen LogP contribution is -2.36. The van der Waals surface area contributed by atoms with E-state index in [9.17, 15) is 13.2 Å². The van der Waals surface area contributed by atoms with E-state index in [4.69, 9.17) is 9.47 Å². The van der Waals surface area contributed by atoms with E-state index in [1.165, 1.54) is 18.5 Å². The molecule has 25 heavy (non-hydrogen) atoms. The minimum atomic E-state index is -3.54.